The fourth-order valence-corrected chi connectivity index (χ4v) is 7.01. The van der Waals surface area contributed by atoms with Gasteiger partial charge >= 0.3 is 12.1 Å². The van der Waals surface area contributed by atoms with Crippen molar-refractivity contribution in [2.45, 2.75) is 103 Å². The van der Waals surface area contributed by atoms with Gasteiger partial charge in [0.15, 0.2) is 5.78 Å². The van der Waals surface area contributed by atoms with Crippen LogP contribution in [0.2, 0.25) is 0 Å². The molecule has 0 radical (unpaired) electrons. The maximum absolute atomic E-state index is 14.1. The van der Waals surface area contributed by atoms with Gasteiger partial charge in [0.2, 0.25) is 0 Å². The zero-order valence-corrected chi connectivity index (χ0v) is 32.8. The molecule has 0 unspecified atom stereocenters. The summed E-state index contributed by atoms with van der Waals surface area (Å²) in [7, 11) is 1.70. The van der Waals surface area contributed by atoms with Gasteiger partial charge in [-0.15, -0.1) is 22.7 Å². The molecule has 0 aliphatic carbocycles. The fraction of sp³-hybridized carbons (Fsp3) is 0.475. The Hall–Kier alpha value is -4.13. The molecule has 4 rings (SSSR count). The summed E-state index contributed by atoms with van der Waals surface area (Å²) in [4.78, 5) is 50.9. The lowest BCUT2D eigenvalue weighted by atomic mass is 9.86. The van der Waals surface area contributed by atoms with E-state index in [1.807, 2.05) is 80.1 Å². The molecule has 0 saturated carbocycles. The van der Waals surface area contributed by atoms with E-state index >= 15 is 0 Å². The normalized spacial score (nSPS) is 13.3. The SMILES string of the molecule is CC(C)c1nc(CN(C)C(=O)N[C@@H](COC(C)(C)C)C(=O)C[C@H](CC[C@H](Cc2ccccc2)NC(=O)OCc2nccs2)Cc2ccccc2)cs1. The number of benzene rings is 2. The molecule has 2 aromatic heterocycles. The van der Waals surface area contributed by atoms with Crippen molar-refractivity contribution in [3.8, 4) is 0 Å². The number of rotatable bonds is 19. The van der Waals surface area contributed by atoms with Crippen LogP contribution in [0.25, 0.3) is 0 Å². The van der Waals surface area contributed by atoms with Gasteiger partial charge in [-0.25, -0.2) is 19.6 Å². The number of ketones is 1. The summed E-state index contributed by atoms with van der Waals surface area (Å²) >= 11 is 3.02. The first-order valence-corrected chi connectivity index (χ1v) is 19.6. The monoisotopic (exact) mass is 747 g/mol. The van der Waals surface area contributed by atoms with Crippen LogP contribution in [-0.4, -0.2) is 64.1 Å². The lowest BCUT2D eigenvalue weighted by Gasteiger charge is -2.28. The molecule has 3 amide bonds. The van der Waals surface area contributed by atoms with Crippen molar-refractivity contribution < 1.29 is 23.9 Å². The van der Waals surface area contributed by atoms with E-state index in [9.17, 15) is 14.4 Å². The first-order chi connectivity index (χ1) is 24.8. The number of ether oxygens (including phenoxy) is 2. The molecule has 2 aromatic carbocycles. The van der Waals surface area contributed by atoms with Crippen LogP contribution in [0, 0.1) is 5.92 Å². The number of urea groups is 1. The van der Waals surface area contributed by atoms with E-state index in [-0.39, 0.29) is 43.4 Å². The van der Waals surface area contributed by atoms with Crippen molar-refractivity contribution in [1.29, 1.82) is 0 Å². The summed E-state index contributed by atoms with van der Waals surface area (Å²) < 4.78 is 11.6. The van der Waals surface area contributed by atoms with Gasteiger partial charge in [0.25, 0.3) is 0 Å². The predicted molar refractivity (Wildman–Crippen MR) is 208 cm³/mol. The van der Waals surface area contributed by atoms with E-state index < -0.39 is 17.7 Å². The van der Waals surface area contributed by atoms with Gasteiger partial charge in [-0.1, -0.05) is 74.5 Å². The molecule has 0 aliphatic heterocycles. The van der Waals surface area contributed by atoms with E-state index in [0.29, 0.717) is 38.1 Å². The van der Waals surface area contributed by atoms with E-state index in [4.69, 9.17) is 9.47 Å². The third-order valence-corrected chi connectivity index (χ3v) is 10.4. The topological polar surface area (TPSA) is 123 Å². The van der Waals surface area contributed by atoms with Gasteiger partial charge in [0.1, 0.15) is 17.7 Å². The van der Waals surface area contributed by atoms with Gasteiger partial charge in [-0.2, -0.15) is 0 Å². The number of amides is 3. The largest absolute Gasteiger partial charge is 0.442 e. The average Bonchev–Trinajstić information content (AvgIpc) is 3.81. The number of alkyl carbamates (subject to hydrolysis) is 1. The predicted octanol–water partition coefficient (Wildman–Crippen LogP) is 8.18. The summed E-state index contributed by atoms with van der Waals surface area (Å²) in [5.74, 6) is 0.154. The Morgan fingerprint density at radius 3 is 2.17 bits per heavy atom. The van der Waals surface area contributed by atoms with Crippen LogP contribution in [0.3, 0.4) is 0 Å². The molecule has 10 nitrogen and oxygen atoms in total. The minimum atomic E-state index is -0.840. The van der Waals surface area contributed by atoms with E-state index in [1.165, 1.54) is 11.3 Å². The molecule has 52 heavy (non-hydrogen) atoms. The number of nitrogens with one attached hydrogen (secondary N) is 2. The number of hydrogen-bond donors (Lipinski definition) is 2. The highest BCUT2D eigenvalue weighted by atomic mass is 32.1. The van der Waals surface area contributed by atoms with Crippen LogP contribution in [0.5, 0.6) is 0 Å². The molecule has 4 aromatic rings. The Morgan fingerprint density at radius 2 is 1.58 bits per heavy atom. The van der Waals surface area contributed by atoms with Crippen molar-refractivity contribution in [2.24, 2.45) is 5.92 Å². The number of Topliss-reactive ketones (excluding diaryl/α,β-unsaturated/α-hetero) is 1. The molecule has 0 fully saturated rings. The summed E-state index contributed by atoms with van der Waals surface area (Å²) in [6, 6.07) is 18.7. The molecule has 2 heterocycles. The van der Waals surface area contributed by atoms with Crippen LogP contribution in [0.4, 0.5) is 9.59 Å². The fourth-order valence-electron chi connectivity index (χ4n) is 5.65. The number of thiazole rings is 2. The molecule has 2 N–H and O–H groups in total. The summed E-state index contributed by atoms with van der Waals surface area (Å²) in [6.07, 6.45) is 3.97. The second kappa shape index (κ2) is 20.2. The van der Waals surface area contributed by atoms with Crippen LogP contribution in [0.1, 0.15) is 86.6 Å². The van der Waals surface area contributed by atoms with E-state index in [0.717, 1.165) is 26.8 Å². The van der Waals surface area contributed by atoms with E-state index in [2.05, 4.69) is 46.6 Å². The number of nitrogens with zero attached hydrogens (tertiary/aromatic N) is 3. The van der Waals surface area contributed by atoms with Crippen molar-refractivity contribution in [2.75, 3.05) is 13.7 Å². The van der Waals surface area contributed by atoms with Crippen molar-refractivity contribution in [1.82, 2.24) is 25.5 Å². The Kier molecular flexibility index (Phi) is 15.8. The van der Waals surface area contributed by atoms with Gasteiger partial charge < -0.3 is 25.0 Å². The minimum absolute atomic E-state index is 0.0529. The Balaban J connectivity index is 1.47. The first kappa shape index (κ1) is 40.6. The van der Waals surface area contributed by atoms with Gasteiger partial charge in [0, 0.05) is 42.4 Å². The maximum atomic E-state index is 14.1. The van der Waals surface area contributed by atoms with Crippen LogP contribution in [-0.2, 0) is 40.3 Å². The van der Waals surface area contributed by atoms with Gasteiger partial charge in [-0.05, 0) is 63.5 Å². The van der Waals surface area contributed by atoms with Gasteiger partial charge in [-0.3, -0.25) is 4.79 Å². The van der Waals surface area contributed by atoms with Crippen LogP contribution < -0.4 is 10.6 Å². The molecule has 3 atom stereocenters. The zero-order chi connectivity index (χ0) is 37.5. The highest BCUT2D eigenvalue weighted by Gasteiger charge is 2.28. The molecule has 280 valence electrons. The Morgan fingerprint density at radius 1 is 0.904 bits per heavy atom. The maximum Gasteiger partial charge on any atom is 0.407 e. The van der Waals surface area contributed by atoms with Crippen molar-refractivity contribution in [3.05, 3.63) is 104 Å². The molecular weight excluding hydrogens is 695 g/mol. The molecule has 0 saturated heterocycles. The molecule has 0 aliphatic rings. The Labute approximate surface area is 316 Å². The second-order valence-electron chi connectivity index (χ2n) is 14.4. The summed E-state index contributed by atoms with van der Waals surface area (Å²) in [5.41, 5.74) is 2.52. The van der Waals surface area contributed by atoms with Crippen LogP contribution in [0.15, 0.2) is 77.6 Å². The van der Waals surface area contributed by atoms with Crippen molar-refractivity contribution in [3.63, 3.8) is 0 Å². The van der Waals surface area contributed by atoms with Gasteiger partial charge in [0.05, 0.1) is 29.5 Å². The highest BCUT2D eigenvalue weighted by Crippen LogP contribution is 2.23. The first-order valence-electron chi connectivity index (χ1n) is 17.9. The number of hydrogen-bond acceptors (Lipinski definition) is 9. The lowest BCUT2D eigenvalue weighted by molar-refractivity contribution is -0.125. The zero-order valence-electron chi connectivity index (χ0n) is 31.2. The third kappa shape index (κ3) is 14.5. The second-order valence-corrected chi connectivity index (χ2v) is 16.3. The smallest absolute Gasteiger partial charge is 0.407 e. The third-order valence-electron chi connectivity index (χ3n) is 8.42. The molecule has 12 heteroatoms. The summed E-state index contributed by atoms with van der Waals surface area (Å²) in [5, 5.41) is 11.6. The van der Waals surface area contributed by atoms with Crippen molar-refractivity contribution >= 4 is 40.6 Å². The number of carbonyl (C=O) groups excluding carboxylic acids is 3. The molecule has 0 bridgehead atoms. The van der Waals surface area contributed by atoms with E-state index in [1.54, 1.807) is 29.5 Å². The standard InChI is InChI=1S/C40H53N5O5S2/c1-28(2)37-42-33(27-52-37)24-45(6)38(47)44-34(25-50-40(3,4)5)35(46)23-31(21-29-13-9-7-10-14-29)17-18-32(22-30-15-11-8-12-16-30)43-39(48)49-26-36-41-19-20-51-36/h7-16,19-20,27-28,31-32,34H,17-18,21-26H2,1-6H3,(H,43,48)(H,44,47)/t31-,32-,34+/m1/s1. The average molecular weight is 748 g/mol. The molecule has 0 spiro atoms. The Bertz CT molecular complexity index is 1660. The molecular formula is C40H53N5O5S2. The highest BCUT2D eigenvalue weighted by molar-refractivity contribution is 7.09. The van der Waals surface area contributed by atoms with Crippen LogP contribution >= 0.6 is 22.7 Å². The minimum Gasteiger partial charge on any atom is -0.442 e. The number of carbonyl (C=O) groups is 3. The lowest BCUT2D eigenvalue weighted by Crippen LogP contribution is -2.50. The number of aromatic nitrogens is 2. The summed E-state index contributed by atoms with van der Waals surface area (Å²) in [6.45, 7) is 10.5. The quantitative estimate of drug-likeness (QED) is 0.0992.